The highest BCUT2D eigenvalue weighted by Gasteiger charge is 2.28. The Labute approximate surface area is 117 Å². The number of hydrogen-bond donors (Lipinski definition) is 1. The average molecular weight is 308 g/mol. The van der Waals surface area contributed by atoms with Crippen molar-refractivity contribution < 1.29 is 26.7 Å². The van der Waals surface area contributed by atoms with Crippen molar-refractivity contribution in [2.45, 2.75) is 19.8 Å². The van der Waals surface area contributed by atoms with E-state index >= 15 is 0 Å². The summed E-state index contributed by atoms with van der Waals surface area (Å²) in [5.74, 6) is -10.1. The second-order valence-electron chi connectivity index (χ2n) is 5.04. The molecule has 2 amide bonds. The minimum Gasteiger partial charge on any atom is -0.325 e. The molecule has 1 aromatic rings. The van der Waals surface area contributed by atoms with Gasteiger partial charge >= 0.3 is 6.03 Å². The monoisotopic (exact) mass is 308 g/mol. The van der Waals surface area contributed by atoms with Gasteiger partial charge in [-0.1, -0.05) is 6.92 Å². The van der Waals surface area contributed by atoms with Gasteiger partial charge in [-0.3, -0.25) is 0 Å². The summed E-state index contributed by atoms with van der Waals surface area (Å²) >= 11 is 0. The number of hydrogen-bond acceptors (Lipinski definition) is 1. The quantitative estimate of drug-likeness (QED) is 0.479. The predicted molar refractivity (Wildman–Crippen MR) is 65.2 cm³/mol. The summed E-state index contributed by atoms with van der Waals surface area (Å²) < 4.78 is 65.8. The van der Waals surface area contributed by atoms with Gasteiger partial charge in [-0.25, -0.2) is 26.7 Å². The number of amides is 2. The zero-order valence-corrected chi connectivity index (χ0v) is 11.2. The number of urea groups is 1. The van der Waals surface area contributed by atoms with Crippen molar-refractivity contribution in [3.63, 3.8) is 0 Å². The van der Waals surface area contributed by atoms with E-state index in [-0.39, 0.29) is 0 Å². The van der Waals surface area contributed by atoms with Crippen molar-refractivity contribution in [2.75, 3.05) is 18.4 Å². The molecule has 0 aliphatic carbocycles. The number of carbonyl (C=O) groups excluding carboxylic acids is 1. The molecule has 0 radical (unpaired) electrons. The predicted octanol–water partition coefficient (Wildman–Crippen LogP) is 3.65. The number of likely N-dealkylation sites (tertiary alicyclic amines) is 1. The molecule has 1 heterocycles. The molecule has 2 rings (SSSR count). The molecule has 1 N–H and O–H groups in total. The molecular formula is C13H13F5N2O. The molecule has 0 aromatic heterocycles. The Kier molecular flexibility index (Phi) is 4.34. The zero-order valence-electron chi connectivity index (χ0n) is 11.2. The Balaban J connectivity index is 2.22. The maximum absolute atomic E-state index is 13.4. The lowest BCUT2D eigenvalue weighted by Crippen LogP contribution is -2.41. The fourth-order valence-corrected chi connectivity index (χ4v) is 2.11. The lowest BCUT2D eigenvalue weighted by Gasteiger charge is -2.30. The first kappa shape index (κ1) is 15.5. The molecule has 1 aliphatic heterocycles. The summed E-state index contributed by atoms with van der Waals surface area (Å²) in [7, 11) is 0. The summed E-state index contributed by atoms with van der Waals surface area (Å²) in [6.07, 6.45) is 1.43. The van der Waals surface area contributed by atoms with Crippen LogP contribution in [0.2, 0.25) is 0 Å². The van der Waals surface area contributed by atoms with Gasteiger partial charge in [0.15, 0.2) is 23.3 Å². The van der Waals surface area contributed by atoms with E-state index in [1.807, 2.05) is 6.92 Å². The molecule has 1 aromatic carbocycles. The third-order valence-corrected chi connectivity index (χ3v) is 3.51. The van der Waals surface area contributed by atoms with Crippen LogP contribution in [0.3, 0.4) is 0 Å². The number of anilines is 1. The molecule has 1 saturated heterocycles. The molecule has 0 saturated carbocycles. The Morgan fingerprint density at radius 1 is 0.952 bits per heavy atom. The van der Waals surface area contributed by atoms with Crippen molar-refractivity contribution in [2.24, 2.45) is 5.92 Å². The molecule has 0 spiro atoms. The summed E-state index contributed by atoms with van der Waals surface area (Å²) in [6, 6.07) is -0.884. The molecular weight excluding hydrogens is 295 g/mol. The number of halogens is 5. The van der Waals surface area contributed by atoms with Gasteiger partial charge in [0.05, 0.1) is 0 Å². The van der Waals surface area contributed by atoms with E-state index in [0.29, 0.717) is 31.8 Å². The van der Waals surface area contributed by atoms with Crippen LogP contribution in [-0.2, 0) is 0 Å². The molecule has 0 atom stereocenters. The van der Waals surface area contributed by atoms with Crippen LogP contribution >= 0.6 is 0 Å². The first-order valence-corrected chi connectivity index (χ1v) is 6.40. The van der Waals surface area contributed by atoms with E-state index < -0.39 is 40.8 Å². The normalized spacial score (nSPS) is 16.2. The molecule has 8 heteroatoms. The lowest BCUT2D eigenvalue weighted by atomic mass is 10.00. The van der Waals surface area contributed by atoms with Crippen LogP contribution in [0.5, 0.6) is 0 Å². The topological polar surface area (TPSA) is 32.3 Å². The molecule has 1 fully saturated rings. The fraction of sp³-hybridized carbons (Fsp3) is 0.462. The number of nitrogens with one attached hydrogen (secondary N) is 1. The first-order valence-electron chi connectivity index (χ1n) is 6.40. The zero-order chi connectivity index (χ0) is 15.7. The van der Waals surface area contributed by atoms with Crippen molar-refractivity contribution >= 4 is 11.7 Å². The maximum Gasteiger partial charge on any atom is 0.322 e. The number of piperidine rings is 1. The molecule has 0 unspecified atom stereocenters. The van der Waals surface area contributed by atoms with Crippen LogP contribution in [0.1, 0.15) is 19.8 Å². The molecule has 116 valence electrons. The van der Waals surface area contributed by atoms with E-state index in [0.717, 1.165) is 0 Å². The second kappa shape index (κ2) is 5.87. The van der Waals surface area contributed by atoms with Gasteiger partial charge in [0.25, 0.3) is 0 Å². The van der Waals surface area contributed by atoms with Crippen LogP contribution in [0, 0.1) is 35.0 Å². The Bertz CT molecular complexity index is 541. The van der Waals surface area contributed by atoms with Gasteiger partial charge in [0, 0.05) is 13.1 Å². The van der Waals surface area contributed by atoms with Gasteiger partial charge in [0.2, 0.25) is 5.82 Å². The van der Waals surface area contributed by atoms with Crippen molar-refractivity contribution in [3.8, 4) is 0 Å². The van der Waals surface area contributed by atoms with Crippen LogP contribution in [0.15, 0.2) is 0 Å². The van der Waals surface area contributed by atoms with Crippen LogP contribution in [0.4, 0.5) is 32.4 Å². The number of nitrogens with zero attached hydrogens (tertiary/aromatic N) is 1. The van der Waals surface area contributed by atoms with Gasteiger partial charge < -0.3 is 10.2 Å². The minimum absolute atomic E-state index is 0.363. The third kappa shape index (κ3) is 2.93. The van der Waals surface area contributed by atoms with Gasteiger partial charge in [-0.2, -0.15) is 0 Å². The largest absolute Gasteiger partial charge is 0.325 e. The van der Waals surface area contributed by atoms with E-state index in [9.17, 15) is 26.7 Å². The Hall–Kier alpha value is -1.86. The van der Waals surface area contributed by atoms with Crippen molar-refractivity contribution in [1.29, 1.82) is 0 Å². The highest BCUT2D eigenvalue weighted by atomic mass is 19.2. The number of benzene rings is 1. The smallest absolute Gasteiger partial charge is 0.322 e. The van der Waals surface area contributed by atoms with Crippen LogP contribution in [-0.4, -0.2) is 24.0 Å². The summed E-state index contributed by atoms with van der Waals surface area (Å²) in [5, 5.41) is 1.76. The van der Waals surface area contributed by atoms with Gasteiger partial charge in [0.1, 0.15) is 5.69 Å². The van der Waals surface area contributed by atoms with E-state index in [2.05, 4.69) is 0 Å². The number of rotatable bonds is 1. The van der Waals surface area contributed by atoms with E-state index in [1.54, 1.807) is 5.32 Å². The fourth-order valence-electron chi connectivity index (χ4n) is 2.11. The second-order valence-corrected chi connectivity index (χ2v) is 5.04. The van der Waals surface area contributed by atoms with E-state index in [1.165, 1.54) is 4.90 Å². The summed E-state index contributed by atoms with van der Waals surface area (Å²) in [6.45, 7) is 2.73. The highest BCUT2D eigenvalue weighted by molar-refractivity contribution is 5.89. The summed E-state index contributed by atoms with van der Waals surface area (Å²) in [5.41, 5.74) is -1.32. The average Bonchev–Trinajstić information content (AvgIpc) is 2.48. The number of carbonyl (C=O) groups is 1. The van der Waals surface area contributed by atoms with Crippen molar-refractivity contribution in [1.82, 2.24) is 4.90 Å². The Morgan fingerprint density at radius 2 is 1.38 bits per heavy atom. The SMILES string of the molecule is CC1CCN(C(=O)Nc2c(F)c(F)c(F)c(F)c2F)CC1. The first-order chi connectivity index (χ1) is 9.82. The van der Waals surface area contributed by atoms with E-state index in [4.69, 9.17) is 0 Å². The van der Waals surface area contributed by atoms with Gasteiger partial charge in [-0.05, 0) is 18.8 Å². The lowest BCUT2D eigenvalue weighted by molar-refractivity contribution is 0.186. The highest BCUT2D eigenvalue weighted by Crippen LogP contribution is 2.27. The summed E-state index contributed by atoms with van der Waals surface area (Å²) in [4.78, 5) is 13.1. The minimum atomic E-state index is -2.25. The molecule has 21 heavy (non-hydrogen) atoms. The molecule has 1 aliphatic rings. The third-order valence-electron chi connectivity index (χ3n) is 3.51. The standard InChI is InChI=1S/C13H13F5N2O/c1-6-2-4-20(5-3-6)13(21)19-12-10(17)8(15)7(14)9(16)11(12)18/h6H,2-5H2,1H3,(H,19,21). The maximum atomic E-state index is 13.4. The van der Waals surface area contributed by atoms with Gasteiger partial charge in [-0.15, -0.1) is 0 Å². The van der Waals surface area contributed by atoms with Crippen LogP contribution in [0.25, 0.3) is 0 Å². The molecule has 3 nitrogen and oxygen atoms in total. The Morgan fingerprint density at radius 3 is 1.86 bits per heavy atom. The van der Waals surface area contributed by atoms with Crippen LogP contribution < -0.4 is 5.32 Å². The molecule has 0 bridgehead atoms. The van der Waals surface area contributed by atoms with Crippen molar-refractivity contribution in [3.05, 3.63) is 29.1 Å².